The van der Waals surface area contributed by atoms with Crippen molar-refractivity contribution in [1.29, 1.82) is 0 Å². The SMILES string of the molecule is Cc1cnc(F)nc1OC1CCN(C(CNC(=O)c2c(F)cccc2Cl)C2=C(C(F)F)NCS2)CC1. The number of hydrogen-bond acceptors (Lipinski definition) is 7. The molecule has 3 heterocycles. The molecule has 1 saturated heterocycles. The topological polar surface area (TPSA) is 79.4 Å². The molecule has 2 N–H and O–H groups in total. The van der Waals surface area contributed by atoms with E-state index < -0.39 is 30.3 Å². The second kappa shape index (κ2) is 11.7. The van der Waals surface area contributed by atoms with Gasteiger partial charge in [-0.25, -0.2) is 18.2 Å². The number of nitrogens with one attached hydrogen (secondary N) is 2. The van der Waals surface area contributed by atoms with Crippen molar-refractivity contribution < 1.29 is 27.1 Å². The van der Waals surface area contributed by atoms with Gasteiger partial charge in [0.15, 0.2) is 0 Å². The number of hydrogen-bond donors (Lipinski definition) is 2. The minimum absolute atomic E-state index is 0.0223. The van der Waals surface area contributed by atoms with Gasteiger partial charge in [-0.3, -0.25) is 9.69 Å². The Labute approximate surface area is 214 Å². The zero-order valence-electron chi connectivity index (χ0n) is 19.2. The number of benzene rings is 1. The molecule has 13 heteroatoms. The normalized spacial score (nSPS) is 17.9. The molecule has 194 valence electrons. The van der Waals surface area contributed by atoms with E-state index in [0.29, 0.717) is 36.4 Å². The van der Waals surface area contributed by atoms with Crippen molar-refractivity contribution >= 4 is 29.3 Å². The molecule has 0 spiro atoms. The lowest BCUT2D eigenvalue weighted by atomic mass is 10.0. The van der Waals surface area contributed by atoms with Crippen molar-refractivity contribution in [2.45, 2.75) is 38.3 Å². The van der Waals surface area contributed by atoms with Gasteiger partial charge in [0.05, 0.1) is 28.2 Å². The van der Waals surface area contributed by atoms with E-state index in [-0.39, 0.29) is 40.7 Å². The van der Waals surface area contributed by atoms with E-state index in [4.69, 9.17) is 16.3 Å². The van der Waals surface area contributed by atoms with Crippen LogP contribution in [0, 0.1) is 18.8 Å². The van der Waals surface area contributed by atoms with Gasteiger partial charge in [0.1, 0.15) is 11.9 Å². The van der Waals surface area contributed by atoms with E-state index in [0.717, 1.165) is 6.07 Å². The number of nitrogens with zero attached hydrogens (tertiary/aromatic N) is 3. The summed E-state index contributed by atoms with van der Waals surface area (Å²) in [5.74, 6) is -1.03. The number of rotatable bonds is 8. The van der Waals surface area contributed by atoms with Crippen LogP contribution in [-0.2, 0) is 0 Å². The molecule has 0 saturated carbocycles. The number of alkyl halides is 2. The van der Waals surface area contributed by atoms with Crippen LogP contribution in [0.5, 0.6) is 5.88 Å². The Morgan fingerprint density at radius 2 is 2.08 bits per heavy atom. The minimum Gasteiger partial charge on any atom is -0.474 e. The third-order valence-corrected chi connectivity index (χ3v) is 7.42. The lowest BCUT2D eigenvalue weighted by Gasteiger charge is -2.38. The molecule has 0 radical (unpaired) electrons. The van der Waals surface area contributed by atoms with Crippen LogP contribution in [0.2, 0.25) is 5.02 Å². The molecule has 0 aliphatic carbocycles. The van der Waals surface area contributed by atoms with Gasteiger partial charge in [-0.2, -0.15) is 9.37 Å². The van der Waals surface area contributed by atoms with Gasteiger partial charge in [-0.05, 0) is 31.9 Å². The fraction of sp³-hybridized carbons (Fsp3) is 0.435. The number of thioether (sulfide) groups is 1. The number of carbonyl (C=O) groups excluding carboxylic acids is 1. The molecule has 7 nitrogen and oxygen atoms in total. The molecular weight excluding hydrogens is 522 g/mol. The van der Waals surface area contributed by atoms with E-state index in [9.17, 15) is 22.4 Å². The number of likely N-dealkylation sites (tertiary alicyclic amines) is 1. The maximum atomic E-state index is 14.2. The summed E-state index contributed by atoms with van der Waals surface area (Å²) in [6.07, 6.45) is -1.43. The summed E-state index contributed by atoms with van der Waals surface area (Å²) >= 11 is 7.25. The smallest absolute Gasteiger partial charge is 0.311 e. The summed E-state index contributed by atoms with van der Waals surface area (Å²) in [5, 5.41) is 5.34. The Balaban J connectivity index is 1.48. The molecule has 2 aromatic rings. The van der Waals surface area contributed by atoms with E-state index in [2.05, 4.69) is 20.6 Å². The van der Waals surface area contributed by atoms with Gasteiger partial charge in [-0.1, -0.05) is 17.7 Å². The van der Waals surface area contributed by atoms with Crippen molar-refractivity contribution in [3.05, 3.63) is 63.0 Å². The summed E-state index contributed by atoms with van der Waals surface area (Å²) in [6, 6.07) is 3.35. The molecule has 1 atom stereocenters. The highest BCUT2D eigenvalue weighted by molar-refractivity contribution is 8.03. The second-order valence-electron chi connectivity index (χ2n) is 8.35. The average molecular weight is 546 g/mol. The number of carbonyl (C=O) groups is 1. The van der Waals surface area contributed by atoms with Crippen LogP contribution in [0.15, 0.2) is 35.0 Å². The minimum atomic E-state index is -2.70. The van der Waals surface area contributed by atoms with E-state index >= 15 is 0 Å². The number of aryl methyl sites for hydroxylation is 1. The fourth-order valence-electron chi connectivity index (χ4n) is 4.19. The Bertz CT molecular complexity index is 1130. The highest BCUT2D eigenvalue weighted by Gasteiger charge is 2.35. The lowest BCUT2D eigenvalue weighted by molar-refractivity contribution is 0.0766. The summed E-state index contributed by atoms with van der Waals surface area (Å²) in [4.78, 5) is 22.3. The predicted octanol–water partition coefficient (Wildman–Crippen LogP) is 4.13. The van der Waals surface area contributed by atoms with Crippen molar-refractivity contribution in [3.63, 3.8) is 0 Å². The monoisotopic (exact) mass is 545 g/mol. The molecule has 36 heavy (non-hydrogen) atoms. The maximum absolute atomic E-state index is 14.2. The van der Waals surface area contributed by atoms with Crippen LogP contribution < -0.4 is 15.4 Å². The number of halogens is 5. The van der Waals surface area contributed by atoms with Gasteiger partial charge < -0.3 is 15.4 Å². The largest absolute Gasteiger partial charge is 0.474 e. The number of amides is 1. The number of ether oxygens (including phenoxy) is 1. The molecule has 1 amide bonds. The van der Waals surface area contributed by atoms with Crippen LogP contribution >= 0.6 is 23.4 Å². The highest BCUT2D eigenvalue weighted by atomic mass is 35.5. The van der Waals surface area contributed by atoms with E-state index in [1.54, 1.807) is 6.92 Å². The molecular formula is C23H24ClF4N5O2S. The third-order valence-electron chi connectivity index (χ3n) is 6.01. The van der Waals surface area contributed by atoms with Crippen molar-refractivity contribution in [3.8, 4) is 5.88 Å². The van der Waals surface area contributed by atoms with Crippen LogP contribution in [0.3, 0.4) is 0 Å². The summed E-state index contributed by atoms with van der Waals surface area (Å²) in [5.41, 5.74) is 0.137. The van der Waals surface area contributed by atoms with Crippen molar-refractivity contribution in [2.24, 2.45) is 0 Å². The number of piperidine rings is 1. The molecule has 1 unspecified atom stereocenters. The summed E-state index contributed by atoms with van der Waals surface area (Å²) < 4.78 is 60.9. The van der Waals surface area contributed by atoms with Gasteiger partial charge in [0, 0.05) is 36.3 Å². The molecule has 2 aliphatic rings. The molecule has 1 aromatic carbocycles. The van der Waals surface area contributed by atoms with Crippen LogP contribution in [0.1, 0.15) is 28.8 Å². The Kier molecular flexibility index (Phi) is 8.58. The summed E-state index contributed by atoms with van der Waals surface area (Å²) in [7, 11) is 0. The van der Waals surface area contributed by atoms with Gasteiger partial charge in [0.25, 0.3) is 12.3 Å². The Morgan fingerprint density at radius 3 is 2.78 bits per heavy atom. The Morgan fingerprint density at radius 1 is 1.33 bits per heavy atom. The molecule has 0 bridgehead atoms. The van der Waals surface area contributed by atoms with Gasteiger partial charge in [-0.15, -0.1) is 11.8 Å². The van der Waals surface area contributed by atoms with E-state index in [1.165, 1.54) is 30.1 Å². The molecule has 1 fully saturated rings. The average Bonchev–Trinajstić information content (AvgIpc) is 3.32. The van der Waals surface area contributed by atoms with Crippen molar-refractivity contribution in [1.82, 2.24) is 25.5 Å². The zero-order chi connectivity index (χ0) is 25.8. The number of aromatic nitrogens is 2. The van der Waals surface area contributed by atoms with E-state index in [1.807, 2.05) is 4.90 Å². The van der Waals surface area contributed by atoms with Crippen LogP contribution in [-0.4, -0.2) is 64.9 Å². The standard InChI is InChI=1S/C23H24ClF4N5O2S/c1-12-9-30-23(28)32-22(12)35-13-5-7-33(8-6-13)16(19-18(20(26)27)31-11-36-19)10-29-21(34)17-14(24)3-2-4-15(17)25/h2-4,9,13,16,20,31H,5-8,10-11H2,1H3,(H,29,34). The fourth-order valence-corrected chi connectivity index (χ4v) is 5.56. The van der Waals surface area contributed by atoms with Gasteiger partial charge in [0.2, 0.25) is 5.88 Å². The lowest BCUT2D eigenvalue weighted by Crippen LogP contribution is -2.49. The first-order chi connectivity index (χ1) is 17.2. The quantitative estimate of drug-likeness (QED) is 0.381. The third kappa shape index (κ3) is 6.04. The highest BCUT2D eigenvalue weighted by Crippen LogP contribution is 2.34. The predicted molar refractivity (Wildman–Crippen MR) is 128 cm³/mol. The van der Waals surface area contributed by atoms with Crippen LogP contribution in [0.4, 0.5) is 17.6 Å². The molecule has 1 aromatic heterocycles. The first kappa shape index (κ1) is 26.5. The summed E-state index contributed by atoms with van der Waals surface area (Å²) in [6.45, 7) is 2.64. The first-order valence-electron chi connectivity index (χ1n) is 11.3. The van der Waals surface area contributed by atoms with Crippen molar-refractivity contribution in [2.75, 3.05) is 25.5 Å². The zero-order valence-corrected chi connectivity index (χ0v) is 20.8. The van der Waals surface area contributed by atoms with Crippen LogP contribution in [0.25, 0.3) is 0 Å². The maximum Gasteiger partial charge on any atom is 0.311 e. The molecule has 2 aliphatic heterocycles. The Hall–Kier alpha value is -2.57. The first-order valence-corrected chi connectivity index (χ1v) is 12.6. The second-order valence-corrected chi connectivity index (χ2v) is 9.77. The number of allylic oxidation sites excluding steroid dienone is 1. The van der Waals surface area contributed by atoms with Gasteiger partial charge >= 0.3 is 6.08 Å². The molecule has 4 rings (SSSR count).